The Hall–Kier alpha value is -1.16. The quantitative estimate of drug-likeness (QED) is 0.785. The van der Waals surface area contributed by atoms with Crippen LogP contribution in [0.5, 0.6) is 5.75 Å². The van der Waals surface area contributed by atoms with E-state index in [2.05, 4.69) is 4.40 Å². The van der Waals surface area contributed by atoms with Crippen LogP contribution in [0.4, 0.5) is 0 Å². The monoisotopic (exact) mass is 225 g/mol. The van der Waals surface area contributed by atoms with Gasteiger partial charge in [-0.25, -0.2) is 4.21 Å². The van der Waals surface area contributed by atoms with Gasteiger partial charge in [-0.2, -0.15) is 4.40 Å². The minimum absolute atomic E-state index is 0.146. The number of aromatic hydroxyl groups is 1. The Morgan fingerprint density at radius 1 is 1.33 bits per heavy atom. The number of rotatable bonds is 2. The highest BCUT2D eigenvalue weighted by Crippen LogP contribution is 2.15. The Morgan fingerprint density at radius 3 is 2.47 bits per heavy atom. The van der Waals surface area contributed by atoms with Gasteiger partial charge in [0.05, 0.1) is 4.75 Å². The maximum Gasteiger partial charge on any atom is 0.144 e. The maximum atomic E-state index is 11.6. The zero-order valence-electron chi connectivity index (χ0n) is 9.10. The summed E-state index contributed by atoms with van der Waals surface area (Å²) in [6.45, 7) is 5.56. The summed E-state index contributed by atoms with van der Waals surface area (Å²) >= 11 is 0. The summed E-state index contributed by atoms with van der Waals surface area (Å²) in [6.07, 6.45) is 1.44. The van der Waals surface area contributed by atoms with Gasteiger partial charge in [-0.1, -0.05) is 12.1 Å². The molecular weight excluding hydrogens is 210 g/mol. The summed E-state index contributed by atoms with van der Waals surface area (Å²) in [5.74, 6) is 0.146. The molecule has 3 nitrogen and oxygen atoms in total. The summed E-state index contributed by atoms with van der Waals surface area (Å²) < 4.78 is 15.1. The molecule has 0 aromatic heterocycles. The molecule has 0 fully saturated rings. The standard InChI is InChI=1S/C11H15NO2S/c1-11(2,3)15(14)12-8-9-6-4-5-7-10(9)13/h4-8,13H,1-3H3/b12-8+/t15-/m0/s1. The molecule has 0 amide bonds. The molecule has 0 aliphatic rings. The zero-order valence-corrected chi connectivity index (χ0v) is 9.91. The van der Waals surface area contributed by atoms with E-state index in [1.165, 1.54) is 6.21 Å². The third-order valence-electron chi connectivity index (χ3n) is 1.75. The molecular formula is C11H15NO2S. The first-order valence-corrected chi connectivity index (χ1v) is 5.76. The molecule has 82 valence electrons. The summed E-state index contributed by atoms with van der Waals surface area (Å²) in [4.78, 5) is 0. The lowest BCUT2D eigenvalue weighted by molar-refractivity contribution is 0.474. The van der Waals surface area contributed by atoms with Crippen molar-refractivity contribution >= 4 is 17.2 Å². The molecule has 1 aromatic carbocycles. The third-order valence-corrected chi connectivity index (χ3v) is 3.09. The smallest absolute Gasteiger partial charge is 0.144 e. The van der Waals surface area contributed by atoms with Crippen LogP contribution in [0.15, 0.2) is 28.7 Å². The van der Waals surface area contributed by atoms with Crippen LogP contribution >= 0.6 is 0 Å². The molecule has 4 heteroatoms. The van der Waals surface area contributed by atoms with E-state index >= 15 is 0 Å². The van der Waals surface area contributed by atoms with Crippen LogP contribution in [0.2, 0.25) is 0 Å². The van der Waals surface area contributed by atoms with Crippen molar-refractivity contribution in [1.29, 1.82) is 0 Å². The molecule has 0 radical (unpaired) electrons. The fourth-order valence-electron chi connectivity index (χ4n) is 0.859. The van der Waals surface area contributed by atoms with Gasteiger partial charge in [-0.15, -0.1) is 0 Å². The van der Waals surface area contributed by atoms with Crippen molar-refractivity contribution < 1.29 is 9.32 Å². The highest BCUT2D eigenvalue weighted by molar-refractivity contribution is 7.85. The number of phenols is 1. The van der Waals surface area contributed by atoms with Crippen molar-refractivity contribution in [1.82, 2.24) is 0 Å². The van der Waals surface area contributed by atoms with E-state index in [0.29, 0.717) is 5.56 Å². The van der Waals surface area contributed by atoms with E-state index in [0.717, 1.165) is 0 Å². The minimum atomic E-state index is -1.29. The Balaban J connectivity index is 2.84. The van der Waals surface area contributed by atoms with Crippen molar-refractivity contribution in [3.8, 4) is 5.75 Å². The van der Waals surface area contributed by atoms with E-state index in [-0.39, 0.29) is 10.5 Å². The lowest BCUT2D eigenvalue weighted by atomic mass is 10.2. The average Bonchev–Trinajstić information content (AvgIpc) is 2.14. The molecule has 0 aliphatic heterocycles. The molecule has 0 saturated carbocycles. The molecule has 0 bridgehead atoms. The molecule has 1 aromatic rings. The van der Waals surface area contributed by atoms with Crippen LogP contribution in [-0.4, -0.2) is 20.3 Å². The highest BCUT2D eigenvalue weighted by Gasteiger charge is 2.18. The summed E-state index contributed by atoms with van der Waals surface area (Å²) in [7, 11) is -1.29. The van der Waals surface area contributed by atoms with Gasteiger partial charge in [0.2, 0.25) is 0 Å². The van der Waals surface area contributed by atoms with E-state index in [9.17, 15) is 9.32 Å². The van der Waals surface area contributed by atoms with Gasteiger partial charge in [0.25, 0.3) is 0 Å². The van der Waals surface area contributed by atoms with Gasteiger partial charge in [-0.05, 0) is 32.9 Å². The predicted molar refractivity (Wildman–Crippen MR) is 63.6 cm³/mol. The van der Waals surface area contributed by atoms with Crippen LogP contribution in [0, 0.1) is 0 Å². The molecule has 1 N–H and O–H groups in total. The maximum absolute atomic E-state index is 11.6. The van der Waals surface area contributed by atoms with Gasteiger partial charge in [-0.3, -0.25) is 0 Å². The van der Waals surface area contributed by atoms with E-state index in [1.807, 2.05) is 20.8 Å². The first kappa shape index (κ1) is 11.9. The second kappa shape index (κ2) is 4.57. The van der Waals surface area contributed by atoms with Gasteiger partial charge in [0.15, 0.2) is 0 Å². The molecule has 0 unspecified atom stereocenters. The summed E-state index contributed by atoms with van der Waals surface area (Å²) in [6, 6.07) is 6.81. The van der Waals surface area contributed by atoms with Crippen molar-refractivity contribution in [3.63, 3.8) is 0 Å². The average molecular weight is 225 g/mol. The van der Waals surface area contributed by atoms with Gasteiger partial charge >= 0.3 is 0 Å². The normalized spacial score (nSPS) is 14.3. The Bertz CT molecular complexity index is 394. The molecule has 0 saturated heterocycles. The van der Waals surface area contributed by atoms with Gasteiger partial charge in [0, 0.05) is 11.8 Å². The summed E-state index contributed by atoms with van der Waals surface area (Å²) in [5, 5.41) is 9.44. The van der Waals surface area contributed by atoms with Crippen LogP contribution < -0.4 is 0 Å². The van der Waals surface area contributed by atoms with E-state index in [4.69, 9.17) is 0 Å². The number of benzene rings is 1. The van der Waals surface area contributed by atoms with Crippen LogP contribution in [-0.2, 0) is 11.0 Å². The zero-order chi connectivity index (χ0) is 11.5. The van der Waals surface area contributed by atoms with Crippen LogP contribution in [0.3, 0.4) is 0 Å². The molecule has 0 spiro atoms. The Morgan fingerprint density at radius 2 is 1.93 bits per heavy atom. The Labute approximate surface area is 92.5 Å². The second-order valence-corrected chi connectivity index (χ2v) is 6.09. The van der Waals surface area contributed by atoms with Gasteiger partial charge in [0.1, 0.15) is 16.7 Å². The predicted octanol–water partition coefficient (Wildman–Crippen LogP) is 2.27. The number of hydrogen-bond acceptors (Lipinski definition) is 2. The van der Waals surface area contributed by atoms with E-state index in [1.54, 1.807) is 24.3 Å². The highest BCUT2D eigenvalue weighted by atomic mass is 32.2. The lowest BCUT2D eigenvalue weighted by Crippen LogP contribution is -2.19. The SMILES string of the molecule is CC(C)(C)[S@](=O)/N=C/c1ccccc1O. The van der Waals surface area contributed by atoms with E-state index < -0.39 is 11.0 Å². The first-order valence-electron chi connectivity index (χ1n) is 4.65. The molecule has 1 rings (SSSR count). The minimum Gasteiger partial charge on any atom is -0.507 e. The first-order chi connectivity index (χ1) is 6.91. The third kappa shape index (κ3) is 3.47. The van der Waals surface area contributed by atoms with Gasteiger partial charge < -0.3 is 5.11 Å². The second-order valence-electron chi connectivity index (χ2n) is 4.15. The van der Waals surface area contributed by atoms with Crippen molar-refractivity contribution in [3.05, 3.63) is 29.8 Å². The molecule has 1 atom stereocenters. The molecule has 15 heavy (non-hydrogen) atoms. The molecule has 0 heterocycles. The topological polar surface area (TPSA) is 49.7 Å². The fourth-order valence-corrected chi connectivity index (χ4v) is 1.38. The molecule has 0 aliphatic carbocycles. The summed E-state index contributed by atoms with van der Waals surface area (Å²) in [5.41, 5.74) is 0.579. The number of phenolic OH excluding ortho intramolecular Hbond substituents is 1. The van der Waals surface area contributed by atoms with Crippen molar-refractivity contribution in [2.75, 3.05) is 0 Å². The fraction of sp³-hybridized carbons (Fsp3) is 0.364. The number of hydrogen-bond donors (Lipinski definition) is 1. The van der Waals surface area contributed by atoms with Crippen molar-refractivity contribution in [2.45, 2.75) is 25.5 Å². The van der Waals surface area contributed by atoms with Crippen LogP contribution in [0.25, 0.3) is 0 Å². The van der Waals surface area contributed by atoms with Crippen LogP contribution in [0.1, 0.15) is 26.3 Å². The Kier molecular flexibility index (Phi) is 3.63. The number of para-hydroxylation sites is 1. The van der Waals surface area contributed by atoms with Crippen molar-refractivity contribution in [2.24, 2.45) is 4.40 Å². The number of nitrogens with zero attached hydrogens (tertiary/aromatic N) is 1. The largest absolute Gasteiger partial charge is 0.507 e. The lowest BCUT2D eigenvalue weighted by Gasteiger charge is -2.12.